The first-order chi connectivity index (χ1) is 9.74. The topological polar surface area (TPSA) is 96.3 Å². The van der Waals surface area contributed by atoms with Gasteiger partial charge in [-0.3, -0.25) is 0 Å². The van der Waals surface area contributed by atoms with Gasteiger partial charge in [-0.25, -0.2) is 9.97 Å². The van der Waals surface area contributed by atoms with E-state index in [0.29, 0.717) is 36.3 Å². The summed E-state index contributed by atoms with van der Waals surface area (Å²) in [6, 6.07) is 7.03. The summed E-state index contributed by atoms with van der Waals surface area (Å²) < 4.78 is 10.9. The van der Waals surface area contributed by atoms with E-state index in [9.17, 15) is 0 Å². The van der Waals surface area contributed by atoms with Crippen molar-refractivity contribution in [3.8, 4) is 11.8 Å². The second-order valence-electron chi connectivity index (χ2n) is 4.26. The van der Waals surface area contributed by atoms with E-state index in [2.05, 4.69) is 9.97 Å². The van der Waals surface area contributed by atoms with Gasteiger partial charge in [-0.2, -0.15) is 0 Å². The maximum atomic E-state index is 5.54. The highest BCUT2D eigenvalue weighted by atomic mass is 16.5. The van der Waals surface area contributed by atoms with Gasteiger partial charge in [0, 0.05) is 12.1 Å². The van der Waals surface area contributed by atoms with Gasteiger partial charge in [-0.05, 0) is 25.0 Å². The molecule has 0 atom stereocenters. The van der Waals surface area contributed by atoms with Crippen LogP contribution in [0.3, 0.4) is 0 Å². The molecular weight excluding hydrogens is 256 g/mol. The summed E-state index contributed by atoms with van der Waals surface area (Å²) >= 11 is 0. The molecule has 0 aromatic carbocycles. The Balaban J connectivity index is 1.57. The second-order valence-corrected chi connectivity index (χ2v) is 4.26. The highest BCUT2D eigenvalue weighted by molar-refractivity contribution is 5.36. The third-order valence-corrected chi connectivity index (χ3v) is 2.56. The lowest BCUT2D eigenvalue weighted by molar-refractivity contribution is 0.256. The van der Waals surface area contributed by atoms with E-state index in [-0.39, 0.29) is 0 Å². The van der Waals surface area contributed by atoms with Crippen LogP contribution in [0.15, 0.2) is 36.7 Å². The zero-order valence-corrected chi connectivity index (χ0v) is 11.2. The molecule has 0 radical (unpaired) electrons. The van der Waals surface area contributed by atoms with Crippen molar-refractivity contribution in [3.05, 3.63) is 36.7 Å². The Morgan fingerprint density at radius 1 is 0.750 bits per heavy atom. The summed E-state index contributed by atoms with van der Waals surface area (Å²) in [5.74, 6) is 1.17. The van der Waals surface area contributed by atoms with Crippen molar-refractivity contribution < 1.29 is 9.47 Å². The molecule has 0 saturated heterocycles. The van der Waals surface area contributed by atoms with Crippen LogP contribution in [0, 0.1) is 0 Å². The standard InChI is InChI=1S/C14H18N4O2/c15-11-3-5-13(17-9-11)19-7-1-2-8-20-14-6-4-12(16)10-18-14/h3-6,9-10H,1-2,7-8,15-16H2. The second kappa shape index (κ2) is 7.18. The summed E-state index contributed by atoms with van der Waals surface area (Å²) in [5, 5.41) is 0. The normalized spacial score (nSPS) is 10.2. The van der Waals surface area contributed by atoms with Gasteiger partial charge in [0.2, 0.25) is 11.8 Å². The predicted molar refractivity (Wildman–Crippen MR) is 77.5 cm³/mol. The molecule has 4 N–H and O–H groups in total. The van der Waals surface area contributed by atoms with Gasteiger partial charge in [0.15, 0.2) is 0 Å². The molecule has 0 unspecified atom stereocenters. The molecule has 0 aliphatic rings. The predicted octanol–water partition coefficient (Wildman–Crippen LogP) is 1.88. The van der Waals surface area contributed by atoms with Gasteiger partial charge < -0.3 is 20.9 Å². The van der Waals surface area contributed by atoms with E-state index < -0.39 is 0 Å². The van der Waals surface area contributed by atoms with Crippen LogP contribution in [-0.4, -0.2) is 23.2 Å². The van der Waals surface area contributed by atoms with Crippen molar-refractivity contribution >= 4 is 11.4 Å². The molecule has 2 aromatic rings. The summed E-state index contributed by atoms with van der Waals surface area (Å²) in [4.78, 5) is 8.10. The number of unbranched alkanes of at least 4 members (excludes halogenated alkanes) is 1. The van der Waals surface area contributed by atoms with Crippen LogP contribution in [0.1, 0.15) is 12.8 Å². The number of anilines is 2. The number of nitrogens with zero attached hydrogens (tertiary/aromatic N) is 2. The van der Waals surface area contributed by atoms with E-state index in [1.807, 2.05) is 0 Å². The van der Waals surface area contributed by atoms with Gasteiger partial charge in [0.25, 0.3) is 0 Å². The molecule has 0 amide bonds. The largest absolute Gasteiger partial charge is 0.478 e. The average molecular weight is 274 g/mol. The molecule has 0 bridgehead atoms. The van der Waals surface area contributed by atoms with Crippen molar-refractivity contribution in [3.63, 3.8) is 0 Å². The highest BCUT2D eigenvalue weighted by Gasteiger charge is 1.97. The maximum Gasteiger partial charge on any atom is 0.213 e. The molecule has 6 heteroatoms. The Bertz CT molecular complexity index is 464. The molecule has 0 aliphatic heterocycles. The molecule has 2 heterocycles. The van der Waals surface area contributed by atoms with Gasteiger partial charge in [-0.15, -0.1) is 0 Å². The van der Waals surface area contributed by atoms with Crippen molar-refractivity contribution in [2.45, 2.75) is 12.8 Å². The summed E-state index contributed by atoms with van der Waals surface area (Å²) in [6.07, 6.45) is 4.90. The van der Waals surface area contributed by atoms with Crippen LogP contribution in [-0.2, 0) is 0 Å². The number of aromatic nitrogens is 2. The lowest BCUT2D eigenvalue weighted by Gasteiger charge is -2.06. The minimum absolute atomic E-state index is 0.584. The molecule has 0 fully saturated rings. The molecule has 20 heavy (non-hydrogen) atoms. The lowest BCUT2D eigenvalue weighted by atomic mass is 10.3. The van der Waals surface area contributed by atoms with Crippen molar-refractivity contribution in [1.82, 2.24) is 9.97 Å². The first kappa shape index (κ1) is 13.9. The number of hydrogen-bond acceptors (Lipinski definition) is 6. The quantitative estimate of drug-likeness (QED) is 0.748. The number of nitrogens with two attached hydrogens (primary N) is 2. The van der Waals surface area contributed by atoms with E-state index in [0.717, 1.165) is 12.8 Å². The Kier molecular flexibility index (Phi) is 5.00. The first-order valence-electron chi connectivity index (χ1n) is 6.43. The molecule has 2 rings (SSSR count). The molecular formula is C14H18N4O2. The molecule has 2 aromatic heterocycles. The third-order valence-electron chi connectivity index (χ3n) is 2.56. The number of ether oxygens (including phenoxy) is 2. The van der Waals surface area contributed by atoms with E-state index in [1.165, 1.54) is 0 Å². The highest BCUT2D eigenvalue weighted by Crippen LogP contribution is 2.10. The number of hydrogen-bond donors (Lipinski definition) is 2. The lowest BCUT2D eigenvalue weighted by Crippen LogP contribution is -2.04. The van der Waals surface area contributed by atoms with Gasteiger partial charge >= 0.3 is 0 Å². The van der Waals surface area contributed by atoms with E-state index in [1.54, 1.807) is 36.7 Å². The van der Waals surface area contributed by atoms with E-state index in [4.69, 9.17) is 20.9 Å². The molecule has 0 spiro atoms. The average Bonchev–Trinajstić information content (AvgIpc) is 2.46. The molecule has 0 saturated carbocycles. The van der Waals surface area contributed by atoms with Gasteiger partial charge in [0.1, 0.15) is 0 Å². The molecule has 0 aliphatic carbocycles. The monoisotopic (exact) mass is 274 g/mol. The Morgan fingerprint density at radius 2 is 1.20 bits per heavy atom. The molecule has 106 valence electrons. The Morgan fingerprint density at radius 3 is 1.55 bits per heavy atom. The molecule has 6 nitrogen and oxygen atoms in total. The van der Waals surface area contributed by atoms with Gasteiger partial charge in [0.05, 0.1) is 37.0 Å². The zero-order valence-electron chi connectivity index (χ0n) is 11.2. The Labute approximate surface area is 117 Å². The van der Waals surface area contributed by atoms with Crippen molar-refractivity contribution in [2.24, 2.45) is 0 Å². The number of nitrogen functional groups attached to an aromatic ring is 2. The fourth-order valence-corrected chi connectivity index (χ4v) is 1.51. The Hall–Kier alpha value is -2.50. The summed E-state index contributed by atoms with van der Waals surface area (Å²) in [5.41, 5.74) is 12.3. The van der Waals surface area contributed by atoms with Crippen LogP contribution >= 0.6 is 0 Å². The maximum absolute atomic E-state index is 5.54. The van der Waals surface area contributed by atoms with Crippen molar-refractivity contribution in [2.75, 3.05) is 24.7 Å². The number of rotatable bonds is 7. The van der Waals surface area contributed by atoms with Gasteiger partial charge in [-0.1, -0.05) is 0 Å². The van der Waals surface area contributed by atoms with E-state index >= 15 is 0 Å². The van der Waals surface area contributed by atoms with Crippen LogP contribution in [0.5, 0.6) is 11.8 Å². The third kappa shape index (κ3) is 4.64. The van der Waals surface area contributed by atoms with Crippen LogP contribution in [0.4, 0.5) is 11.4 Å². The fourth-order valence-electron chi connectivity index (χ4n) is 1.51. The summed E-state index contributed by atoms with van der Waals surface area (Å²) in [7, 11) is 0. The van der Waals surface area contributed by atoms with Crippen LogP contribution < -0.4 is 20.9 Å². The minimum atomic E-state index is 0.584. The first-order valence-corrected chi connectivity index (χ1v) is 6.43. The summed E-state index contributed by atoms with van der Waals surface area (Å²) in [6.45, 7) is 1.19. The van der Waals surface area contributed by atoms with Crippen molar-refractivity contribution in [1.29, 1.82) is 0 Å². The smallest absolute Gasteiger partial charge is 0.213 e. The fraction of sp³-hybridized carbons (Fsp3) is 0.286. The number of pyridine rings is 2. The zero-order chi connectivity index (χ0) is 14.2. The van der Waals surface area contributed by atoms with Crippen LogP contribution in [0.2, 0.25) is 0 Å². The van der Waals surface area contributed by atoms with Crippen LogP contribution in [0.25, 0.3) is 0 Å². The minimum Gasteiger partial charge on any atom is -0.478 e. The SMILES string of the molecule is Nc1ccc(OCCCCOc2ccc(N)cn2)nc1.